The lowest BCUT2D eigenvalue weighted by atomic mass is 9.94. The van der Waals surface area contributed by atoms with Crippen molar-refractivity contribution in [2.24, 2.45) is 0 Å². The Kier molecular flexibility index (Phi) is 9.35. The van der Waals surface area contributed by atoms with E-state index in [1.54, 1.807) is 73.8 Å². The van der Waals surface area contributed by atoms with Gasteiger partial charge in [-0.25, -0.2) is 13.6 Å². The molecule has 2 amide bonds. The summed E-state index contributed by atoms with van der Waals surface area (Å²) in [6.45, 7) is 1.71. The lowest BCUT2D eigenvalue weighted by Crippen LogP contribution is -2.43. The van der Waals surface area contributed by atoms with Crippen LogP contribution in [0.3, 0.4) is 0 Å². The minimum Gasteiger partial charge on any atom is -0.480 e. The van der Waals surface area contributed by atoms with E-state index in [1.165, 1.54) is 6.07 Å². The van der Waals surface area contributed by atoms with Gasteiger partial charge in [0.2, 0.25) is 0 Å². The molecule has 0 unspecified atom stereocenters. The number of pyridine rings is 1. The third-order valence-electron chi connectivity index (χ3n) is 7.45. The van der Waals surface area contributed by atoms with Crippen LogP contribution in [-0.2, 0) is 11.2 Å². The van der Waals surface area contributed by atoms with Crippen molar-refractivity contribution in [3.05, 3.63) is 136 Å². The highest BCUT2D eigenvalue weighted by Gasteiger charge is 2.27. The van der Waals surface area contributed by atoms with Crippen LogP contribution in [0, 0.1) is 23.0 Å². The number of nitrogens with zero attached hydrogens (tertiary/aromatic N) is 2. The molecule has 1 aromatic heterocycles. The summed E-state index contributed by atoms with van der Waals surface area (Å²) < 4.78 is 30.2. The molecule has 8 nitrogen and oxygen atoms in total. The number of aliphatic carboxylic acids is 1. The van der Waals surface area contributed by atoms with Crippen LogP contribution < -0.4 is 10.6 Å². The van der Waals surface area contributed by atoms with Gasteiger partial charge in [-0.1, -0.05) is 66.2 Å². The molecule has 11 heteroatoms. The number of amides is 2. The van der Waals surface area contributed by atoms with Crippen LogP contribution >= 0.6 is 11.6 Å². The zero-order chi connectivity index (χ0) is 33.0. The van der Waals surface area contributed by atoms with E-state index < -0.39 is 47.1 Å². The lowest BCUT2D eigenvalue weighted by Gasteiger charge is -2.18. The van der Waals surface area contributed by atoms with Crippen LogP contribution in [0.4, 0.5) is 8.78 Å². The van der Waals surface area contributed by atoms with Gasteiger partial charge >= 0.3 is 5.97 Å². The third kappa shape index (κ3) is 6.70. The number of fused-ring (bicyclic) bond motifs is 1. The molecule has 0 aliphatic heterocycles. The van der Waals surface area contributed by atoms with Crippen LogP contribution in [0.25, 0.3) is 22.0 Å². The predicted octanol–water partition coefficient (Wildman–Crippen LogP) is 6.62. The van der Waals surface area contributed by atoms with Gasteiger partial charge in [0.05, 0.1) is 23.2 Å². The Morgan fingerprint density at radius 1 is 0.913 bits per heavy atom. The van der Waals surface area contributed by atoms with Crippen molar-refractivity contribution in [2.75, 3.05) is 0 Å². The zero-order valence-electron chi connectivity index (χ0n) is 24.2. The minimum absolute atomic E-state index is 0.244. The Morgan fingerprint density at radius 2 is 1.61 bits per heavy atom. The van der Waals surface area contributed by atoms with Crippen LogP contribution in [0.2, 0.25) is 5.02 Å². The second-order valence-corrected chi connectivity index (χ2v) is 10.9. The fourth-order valence-corrected chi connectivity index (χ4v) is 5.39. The van der Waals surface area contributed by atoms with Crippen LogP contribution in [-0.4, -0.2) is 33.9 Å². The van der Waals surface area contributed by atoms with Gasteiger partial charge in [0.1, 0.15) is 23.2 Å². The molecule has 5 aromatic rings. The van der Waals surface area contributed by atoms with E-state index in [2.05, 4.69) is 15.6 Å². The molecule has 2 atom stereocenters. The van der Waals surface area contributed by atoms with Gasteiger partial charge in [-0.05, 0) is 48.4 Å². The summed E-state index contributed by atoms with van der Waals surface area (Å²) in [6, 6.07) is 22.0. The summed E-state index contributed by atoms with van der Waals surface area (Å²) in [5, 5.41) is 24.9. The van der Waals surface area contributed by atoms with Crippen molar-refractivity contribution in [3.63, 3.8) is 0 Å². The van der Waals surface area contributed by atoms with E-state index in [0.29, 0.717) is 38.2 Å². The quantitative estimate of drug-likeness (QED) is 0.166. The second kappa shape index (κ2) is 13.5. The maximum atomic E-state index is 15.1. The number of hydrogen-bond acceptors (Lipinski definition) is 5. The number of aromatic nitrogens is 1. The van der Waals surface area contributed by atoms with Crippen LogP contribution in [0.5, 0.6) is 0 Å². The first-order valence-electron chi connectivity index (χ1n) is 14.0. The first kappa shape index (κ1) is 31.8. The van der Waals surface area contributed by atoms with Gasteiger partial charge in [0.15, 0.2) is 0 Å². The number of carboxylic acids is 1. The summed E-state index contributed by atoms with van der Waals surface area (Å²) in [5.41, 5.74) is 2.03. The first-order chi connectivity index (χ1) is 22.1. The smallest absolute Gasteiger partial charge is 0.326 e. The zero-order valence-corrected chi connectivity index (χ0v) is 25.0. The number of halogens is 3. The largest absolute Gasteiger partial charge is 0.480 e. The van der Waals surface area contributed by atoms with E-state index in [1.807, 2.05) is 12.1 Å². The number of nitrogens with one attached hydrogen (secondary N) is 2. The van der Waals surface area contributed by atoms with Gasteiger partial charge in [-0.2, -0.15) is 5.26 Å². The molecule has 0 aliphatic rings. The molecule has 0 saturated heterocycles. The normalized spacial score (nSPS) is 12.2. The molecule has 46 heavy (non-hydrogen) atoms. The molecule has 0 aliphatic carbocycles. The molecule has 3 N–H and O–H groups in total. The van der Waals surface area contributed by atoms with E-state index >= 15 is 8.78 Å². The number of carbonyl (C=O) groups is 3. The molecule has 0 spiro atoms. The highest BCUT2D eigenvalue weighted by atomic mass is 35.5. The minimum atomic E-state index is -1.58. The van der Waals surface area contributed by atoms with Crippen molar-refractivity contribution in [1.82, 2.24) is 15.6 Å². The average molecular weight is 639 g/mol. The topological polar surface area (TPSA) is 132 Å². The summed E-state index contributed by atoms with van der Waals surface area (Å²) >= 11 is 6.44. The van der Waals surface area contributed by atoms with Crippen molar-refractivity contribution >= 4 is 40.3 Å². The number of carbonyl (C=O) groups excluding carboxylic acids is 2. The molecule has 0 fully saturated rings. The molecule has 0 saturated carbocycles. The number of nitriles is 1. The van der Waals surface area contributed by atoms with Crippen molar-refractivity contribution < 1.29 is 28.3 Å². The Labute approximate surface area is 267 Å². The molecular weight excluding hydrogens is 614 g/mol. The number of benzene rings is 4. The maximum Gasteiger partial charge on any atom is 0.326 e. The van der Waals surface area contributed by atoms with Crippen molar-refractivity contribution in [2.45, 2.75) is 25.4 Å². The fraction of sp³-hybridized carbons (Fsp3) is 0.114. The van der Waals surface area contributed by atoms with Gasteiger partial charge in [0, 0.05) is 39.7 Å². The second-order valence-electron chi connectivity index (χ2n) is 10.5. The number of carboxylic acid groups (broad SMARTS) is 1. The standard InChI is InChI=1S/C35H25ClF2N4O4/c1-19(21-6-3-2-4-7-21)41-33(43)23-15-28(37)31(29(38)16-23)34(44)42-30(35(45)46)17-22-10-12-26(32-24(22)8-5-13-40-32)25-11-9-20(18-39)14-27(25)36/h2-16,19,30H,17H2,1H3,(H,41,43)(H,42,44)(H,45,46)/t19-,30-/m0/s1. The van der Waals surface area contributed by atoms with E-state index in [4.69, 9.17) is 16.9 Å². The van der Waals surface area contributed by atoms with Crippen molar-refractivity contribution in [3.8, 4) is 17.2 Å². The summed E-state index contributed by atoms with van der Waals surface area (Å²) in [4.78, 5) is 42.4. The Hall–Kier alpha value is -5.66. The molecule has 230 valence electrons. The number of hydrogen-bond donors (Lipinski definition) is 3. The maximum absolute atomic E-state index is 15.1. The summed E-state index contributed by atoms with van der Waals surface area (Å²) in [5.74, 6) is -6.13. The van der Waals surface area contributed by atoms with E-state index in [-0.39, 0.29) is 12.0 Å². The average Bonchev–Trinajstić information content (AvgIpc) is 3.04. The number of rotatable bonds is 9. The monoisotopic (exact) mass is 638 g/mol. The van der Waals surface area contributed by atoms with Crippen LogP contribution in [0.15, 0.2) is 91.1 Å². The Bertz CT molecular complexity index is 2010. The molecule has 5 rings (SSSR count). The fourth-order valence-electron chi connectivity index (χ4n) is 5.11. The molecular formula is C35H25ClF2N4O4. The third-order valence-corrected chi connectivity index (χ3v) is 7.77. The molecule has 0 radical (unpaired) electrons. The lowest BCUT2D eigenvalue weighted by molar-refractivity contribution is -0.139. The Balaban J connectivity index is 1.38. The Morgan fingerprint density at radius 3 is 2.26 bits per heavy atom. The van der Waals surface area contributed by atoms with E-state index in [0.717, 1.165) is 17.7 Å². The molecule has 0 bridgehead atoms. The van der Waals surface area contributed by atoms with E-state index in [9.17, 15) is 19.5 Å². The van der Waals surface area contributed by atoms with Crippen molar-refractivity contribution in [1.29, 1.82) is 5.26 Å². The molecule has 4 aromatic carbocycles. The first-order valence-corrected chi connectivity index (χ1v) is 14.4. The van der Waals surface area contributed by atoms with Gasteiger partial charge in [-0.3, -0.25) is 14.6 Å². The summed E-state index contributed by atoms with van der Waals surface area (Å²) in [6.07, 6.45) is 1.31. The highest BCUT2D eigenvalue weighted by Crippen LogP contribution is 2.35. The summed E-state index contributed by atoms with van der Waals surface area (Å²) in [7, 11) is 0. The highest BCUT2D eigenvalue weighted by molar-refractivity contribution is 6.33. The van der Waals surface area contributed by atoms with Gasteiger partial charge < -0.3 is 15.7 Å². The SMILES string of the molecule is C[C@H](NC(=O)c1cc(F)c(C(=O)N[C@@H](Cc2ccc(-c3ccc(C#N)cc3Cl)c3ncccc23)C(=O)O)c(F)c1)c1ccccc1. The van der Waals surface area contributed by atoms with Gasteiger partial charge in [-0.15, -0.1) is 0 Å². The predicted molar refractivity (Wildman–Crippen MR) is 168 cm³/mol. The van der Waals surface area contributed by atoms with Gasteiger partial charge in [0.25, 0.3) is 11.8 Å². The van der Waals surface area contributed by atoms with Crippen LogP contribution in [0.1, 0.15) is 50.4 Å². The molecule has 1 heterocycles.